The first-order valence-electron chi connectivity index (χ1n) is 5.47. The van der Waals surface area contributed by atoms with Crippen LogP contribution in [0.1, 0.15) is 34.1 Å². The molecule has 0 radical (unpaired) electrons. The Labute approximate surface area is 88.1 Å². The van der Waals surface area contributed by atoms with Gasteiger partial charge in [0.25, 0.3) is 0 Å². The predicted molar refractivity (Wildman–Crippen MR) is 59.5 cm³/mol. The standard InChI is InChI=1S/C11H25NO2/c1-6-11(13)10(4)12(9(2)3)7-8-14-5/h9-11,13H,6-8H2,1-5H3. The molecule has 2 unspecified atom stereocenters. The summed E-state index contributed by atoms with van der Waals surface area (Å²) in [7, 11) is 1.71. The summed E-state index contributed by atoms with van der Waals surface area (Å²) < 4.78 is 5.06. The minimum atomic E-state index is -0.241. The van der Waals surface area contributed by atoms with E-state index in [1.807, 2.05) is 6.92 Å². The smallest absolute Gasteiger partial charge is 0.0690 e. The molecule has 0 aliphatic carbocycles. The van der Waals surface area contributed by atoms with Crippen molar-refractivity contribution in [1.82, 2.24) is 4.90 Å². The number of aliphatic hydroxyl groups excluding tert-OH is 1. The van der Waals surface area contributed by atoms with Crippen LogP contribution in [0.3, 0.4) is 0 Å². The van der Waals surface area contributed by atoms with Gasteiger partial charge in [0.15, 0.2) is 0 Å². The van der Waals surface area contributed by atoms with Crippen LogP contribution >= 0.6 is 0 Å². The third kappa shape index (κ3) is 4.40. The van der Waals surface area contributed by atoms with E-state index < -0.39 is 0 Å². The lowest BCUT2D eigenvalue weighted by Crippen LogP contribution is -2.46. The van der Waals surface area contributed by atoms with Crippen molar-refractivity contribution >= 4 is 0 Å². The Kier molecular flexibility index (Phi) is 7.15. The number of hydrogen-bond donors (Lipinski definition) is 1. The molecule has 0 fully saturated rings. The second-order valence-electron chi connectivity index (χ2n) is 4.04. The summed E-state index contributed by atoms with van der Waals surface area (Å²) in [5.74, 6) is 0. The molecule has 0 bridgehead atoms. The third-order valence-electron chi connectivity index (χ3n) is 2.72. The van der Waals surface area contributed by atoms with Crippen LogP contribution in [0, 0.1) is 0 Å². The van der Waals surface area contributed by atoms with Crippen LogP contribution in [-0.2, 0) is 4.74 Å². The molecule has 0 aromatic heterocycles. The van der Waals surface area contributed by atoms with Crippen molar-refractivity contribution in [2.75, 3.05) is 20.3 Å². The Bertz CT molecular complexity index is 139. The van der Waals surface area contributed by atoms with Gasteiger partial charge < -0.3 is 9.84 Å². The Balaban J connectivity index is 4.17. The summed E-state index contributed by atoms with van der Waals surface area (Å²) in [5.41, 5.74) is 0. The fraction of sp³-hybridized carbons (Fsp3) is 1.00. The first kappa shape index (κ1) is 13.9. The van der Waals surface area contributed by atoms with Gasteiger partial charge in [-0.25, -0.2) is 0 Å². The van der Waals surface area contributed by atoms with E-state index in [2.05, 4.69) is 25.7 Å². The first-order valence-corrected chi connectivity index (χ1v) is 5.47. The number of ether oxygens (including phenoxy) is 1. The maximum atomic E-state index is 9.76. The van der Waals surface area contributed by atoms with Crippen LogP contribution in [0.4, 0.5) is 0 Å². The summed E-state index contributed by atoms with van der Waals surface area (Å²) in [6.07, 6.45) is 0.562. The van der Waals surface area contributed by atoms with Crippen LogP contribution in [0.5, 0.6) is 0 Å². The number of hydrogen-bond acceptors (Lipinski definition) is 3. The van der Waals surface area contributed by atoms with Gasteiger partial charge >= 0.3 is 0 Å². The summed E-state index contributed by atoms with van der Waals surface area (Å²) in [6.45, 7) is 9.98. The van der Waals surface area contributed by atoms with Gasteiger partial charge in [-0.05, 0) is 27.2 Å². The Morgan fingerprint density at radius 1 is 1.29 bits per heavy atom. The highest BCUT2D eigenvalue weighted by Gasteiger charge is 2.22. The molecule has 3 heteroatoms. The molecule has 1 N–H and O–H groups in total. The van der Waals surface area contributed by atoms with E-state index in [1.165, 1.54) is 0 Å². The fourth-order valence-corrected chi connectivity index (χ4v) is 1.69. The second kappa shape index (κ2) is 7.21. The minimum absolute atomic E-state index is 0.204. The van der Waals surface area contributed by atoms with Crippen LogP contribution in [-0.4, -0.2) is 48.5 Å². The van der Waals surface area contributed by atoms with Gasteiger partial charge in [0, 0.05) is 25.7 Å². The molecule has 0 saturated heterocycles. The molecule has 0 aliphatic heterocycles. The molecule has 0 spiro atoms. The maximum absolute atomic E-state index is 9.76. The second-order valence-corrected chi connectivity index (χ2v) is 4.04. The van der Waals surface area contributed by atoms with Gasteiger partial charge in [0.2, 0.25) is 0 Å². The minimum Gasteiger partial charge on any atom is -0.392 e. The highest BCUT2D eigenvalue weighted by molar-refractivity contribution is 4.76. The predicted octanol–water partition coefficient (Wildman–Crippen LogP) is 1.50. The Hall–Kier alpha value is -0.120. The molecule has 86 valence electrons. The van der Waals surface area contributed by atoms with Crippen LogP contribution in [0.15, 0.2) is 0 Å². The topological polar surface area (TPSA) is 32.7 Å². The van der Waals surface area contributed by atoms with Crippen molar-refractivity contribution in [1.29, 1.82) is 0 Å². The summed E-state index contributed by atoms with van der Waals surface area (Å²) in [6, 6.07) is 0.650. The zero-order valence-corrected chi connectivity index (χ0v) is 10.2. The monoisotopic (exact) mass is 203 g/mol. The Morgan fingerprint density at radius 3 is 2.21 bits per heavy atom. The van der Waals surface area contributed by atoms with Crippen molar-refractivity contribution in [2.24, 2.45) is 0 Å². The van der Waals surface area contributed by atoms with E-state index in [0.29, 0.717) is 6.04 Å². The average molecular weight is 203 g/mol. The fourth-order valence-electron chi connectivity index (χ4n) is 1.69. The largest absolute Gasteiger partial charge is 0.392 e. The molecule has 0 aromatic carbocycles. The molecule has 0 heterocycles. The van der Waals surface area contributed by atoms with E-state index in [0.717, 1.165) is 19.6 Å². The molecule has 2 atom stereocenters. The zero-order valence-electron chi connectivity index (χ0n) is 10.2. The number of rotatable bonds is 7. The van der Waals surface area contributed by atoms with Crippen molar-refractivity contribution in [3.8, 4) is 0 Å². The molecular weight excluding hydrogens is 178 g/mol. The summed E-state index contributed by atoms with van der Waals surface area (Å²) in [5, 5.41) is 9.76. The quantitative estimate of drug-likeness (QED) is 0.680. The lowest BCUT2D eigenvalue weighted by molar-refractivity contribution is 0.0238. The number of methoxy groups -OCH3 is 1. The van der Waals surface area contributed by atoms with Crippen molar-refractivity contribution in [3.05, 3.63) is 0 Å². The van der Waals surface area contributed by atoms with E-state index in [1.54, 1.807) is 7.11 Å². The maximum Gasteiger partial charge on any atom is 0.0690 e. The molecular formula is C11H25NO2. The molecule has 0 amide bonds. The lowest BCUT2D eigenvalue weighted by Gasteiger charge is -2.35. The zero-order chi connectivity index (χ0) is 11.1. The van der Waals surface area contributed by atoms with Gasteiger partial charge in [-0.15, -0.1) is 0 Å². The van der Waals surface area contributed by atoms with Gasteiger partial charge in [0.05, 0.1) is 12.7 Å². The van der Waals surface area contributed by atoms with Gasteiger partial charge in [0.1, 0.15) is 0 Å². The van der Waals surface area contributed by atoms with E-state index >= 15 is 0 Å². The highest BCUT2D eigenvalue weighted by Crippen LogP contribution is 2.11. The molecule has 0 saturated carbocycles. The summed E-state index contributed by atoms with van der Waals surface area (Å²) in [4.78, 5) is 2.28. The number of nitrogens with zero attached hydrogens (tertiary/aromatic N) is 1. The third-order valence-corrected chi connectivity index (χ3v) is 2.72. The van der Waals surface area contributed by atoms with Crippen LogP contribution in [0.2, 0.25) is 0 Å². The van der Waals surface area contributed by atoms with Crippen molar-refractivity contribution in [3.63, 3.8) is 0 Å². The molecule has 0 rings (SSSR count). The van der Waals surface area contributed by atoms with Crippen molar-refractivity contribution in [2.45, 2.75) is 52.3 Å². The van der Waals surface area contributed by atoms with Crippen molar-refractivity contribution < 1.29 is 9.84 Å². The molecule has 0 aromatic rings. The first-order chi connectivity index (χ1) is 6.54. The van der Waals surface area contributed by atoms with Crippen LogP contribution < -0.4 is 0 Å². The van der Waals surface area contributed by atoms with E-state index in [-0.39, 0.29) is 12.1 Å². The molecule has 0 aliphatic rings. The normalized spacial score (nSPS) is 16.3. The SMILES string of the molecule is CCC(O)C(C)N(CCOC)C(C)C. The summed E-state index contributed by atoms with van der Waals surface area (Å²) >= 11 is 0. The molecule has 14 heavy (non-hydrogen) atoms. The van der Waals surface area contributed by atoms with Crippen LogP contribution in [0.25, 0.3) is 0 Å². The number of aliphatic hydroxyl groups is 1. The van der Waals surface area contributed by atoms with Gasteiger partial charge in [-0.3, -0.25) is 4.90 Å². The van der Waals surface area contributed by atoms with Gasteiger partial charge in [-0.1, -0.05) is 6.92 Å². The molecule has 3 nitrogen and oxygen atoms in total. The highest BCUT2D eigenvalue weighted by atomic mass is 16.5. The lowest BCUT2D eigenvalue weighted by atomic mass is 10.1. The van der Waals surface area contributed by atoms with E-state index in [9.17, 15) is 5.11 Å². The van der Waals surface area contributed by atoms with Gasteiger partial charge in [-0.2, -0.15) is 0 Å². The average Bonchev–Trinajstić information content (AvgIpc) is 2.16. The van der Waals surface area contributed by atoms with E-state index in [4.69, 9.17) is 4.74 Å². The Morgan fingerprint density at radius 2 is 1.86 bits per heavy atom.